The second-order valence-electron chi connectivity index (χ2n) is 5.85. The standard InChI is InChI=1S/C9H16O.2C7H6O2/c1-3-4-5-6-7-8-9(2)10;2*8-7(9)6-4-2-1-3-5-6/h7-8H,3-6H2,1-2H3;2*1-5H,(H,8,9). The molecule has 2 aromatic carbocycles. The van der Waals surface area contributed by atoms with Crippen molar-refractivity contribution in [1.82, 2.24) is 0 Å². The first-order valence-electron chi connectivity index (χ1n) is 9.12. The molecule has 0 spiro atoms. The van der Waals surface area contributed by atoms with Gasteiger partial charge in [-0.2, -0.15) is 0 Å². The van der Waals surface area contributed by atoms with Crippen molar-refractivity contribution >= 4 is 17.7 Å². The van der Waals surface area contributed by atoms with Gasteiger partial charge in [0.2, 0.25) is 0 Å². The van der Waals surface area contributed by atoms with Gasteiger partial charge in [-0.1, -0.05) is 62.2 Å². The molecule has 0 radical (unpaired) electrons. The van der Waals surface area contributed by atoms with Crippen LogP contribution in [0.5, 0.6) is 0 Å². The lowest BCUT2D eigenvalue weighted by Crippen LogP contribution is -1.93. The number of carbonyl (C=O) groups excluding carboxylic acids is 1. The first kappa shape index (κ1) is 24.8. The number of allylic oxidation sites excluding steroid dienone is 2. The van der Waals surface area contributed by atoms with Gasteiger partial charge in [-0.15, -0.1) is 0 Å². The molecule has 5 heteroatoms. The van der Waals surface area contributed by atoms with Crippen LogP contribution in [-0.4, -0.2) is 27.9 Å². The van der Waals surface area contributed by atoms with Gasteiger partial charge in [0.25, 0.3) is 0 Å². The molecule has 0 atom stereocenters. The molecule has 0 unspecified atom stereocenters. The molecule has 28 heavy (non-hydrogen) atoms. The fourth-order valence-electron chi connectivity index (χ4n) is 1.92. The van der Waals surface area contributed by atoms with E-state index < -0.39 is 11.9 Å². The summed E-state index contributed by atoms with van der Waals surface area (Å²) < 4.78 is 0. The van der Waals surface area contributed by atoms with Crippen LogP contribution in [0.15, 0.2) is 72.8 Å². The summed E-state index contributed by atoms with van der Waals surface area (Å²) in [6.07, 6.45) is 8.37. The molecule has 0 saturated carbocycles. The Hall–Kier alpha value is -3.21. The summed E-state index contributed by atoms with van der Waals surface area (Å²) in [5.74, 6) is -1.61. The molecule has 2 aromatic rings. The molecule has 0 bridgehead atoms. The minimum Gasteiger partial charge on any atom is -0.478 e. The maximum absolute atomic E-state index is 10.4. The van der Waals surface area contributed by atoms with Crippen molar-refractivity contribution < 1.29 is 24.6 Å². The second-order valence-corrected chi connectivity index (χ2v) is 5.85. The van der Waals surface area contributed by atoms with Crippen molar-refractivity contribution in [2.75, 3.05) is 0 Å². The molecule has 0 aliphatic rings. The fraction of sp³-hybridized carbons (Fsp3) is 0.261. The minimum absolute atomic E-state index is 0.150. The first-order chi connectivity index (χ1) is 13.4. The quantitative estimate of drug-likeness (QED) is 0.487. The van der Waals surface area contributed by atoms with E-state index in [9.17, 15) is 14.4 Å². The largest absolute Gasteiger partial charge is 0.478 e. The Morgan fingerprint density at radius 3 is 1.50 bits per heavy atom. The molecule has 0 amide bonds. The highest BCUT2D eigenvalue weighted by Gasteiger charge is 1.97. The van der Waals surface area contributed by atoms with E-state index in [-0.39, 0.29) is 5.78 Å². The molecule has 0 saturated heterocycles. The molecule has 0 aliphatic carbocycles. The summed E-state index contributed by atoms with van der Waals surface area (Å²) in [6.45, 7) is 3.75. The minimum atomic E-state index is -0.879. The third-order valence-corrected chi connectivity index (χ3v) is 3.37. The van der Waals surface area contributed by atoms with Crippen molar-refractivity contribution in [3.05, 3.63) is 83.9 Å². The zero-order chi connectivity index (χ0) is 21.2. The number of hydrogen-bond acceptors (Lipinski definition) is 3. The number of carboxylic acid groups (broad SMARTS) is 2. The lowest BCUT2D eigenvalue weighted by atomic mass is 10.2. The van der Waals surface area contributed by atoms with Crippen molar-refractivity contribution in [2.24, 2.45) is 0 Å². The van der Waals surface area contributed by atoms with E-state index in [2.05, 4.69) is 6.92 Å². The average molecular weight is 384 g/mol. The Morgan fingerprint density at radius 1 is 0.786 bits per heavy atom. The van der Waals surface area contributed by atoms with Gasteiger partial charge in [-0.25, -0.2) is 9.59 Å². The number of hydrogen-bond donors (Lipinski definition) is 2. The number of carbonyl (C=O) groups is 3. The van der Waals surface area contributed by atoms with Gasteiger partial charge in [0.05, 0.1) is 11.1 Å². The molecule has 2 rings (SSSR count). The Bertz CT molecular complexity index is 672. The summed E-state index contributed by atoms with van der Waals surface area (Å²) in [4.78, 5) is 30.8. The maximum atomic E-state index is 10.4. The van der Waals surface area contributed by atoms with Crippen molar-refractivity contribution in [3.8, 4) is 0 Å². The van der Waals surface area contributed by atoms with Crippen LogP contribution in [-0.2, 0) is 4.79 Å². The third-order valence-electron chi connectivity index (χ3n) is 3.37. The number of unbranched alkanes of at least 4 members (excludes halogenated alkanes) is 3. The monoisotopic (exact) mass is 384 g/mol. The number of benzene rings is 2. The van der Waals surface area contributed by atoms with E-state index in [0.717, 1.165) is 6.42 Å². The predicted octanol–water partition coefficient (Wildman–Crippen LogP) is 5.48. The summed E-state index contributed by atoms with van der Waals surface area (Å²) in [5.41, 5.74) is 0.662. The SMILES string of the molecule is CCCCCC=CC(C)=O.O=C(O)c1ccccc1.O=C(O)c1ccccc1. The summed E-state index contributed by atoms with van der Waals surface area (Å²) in [7, 11) is 0. The topological polar surface area (TPSA) is 91.7 Å². The molecule has 0 aromatic heterocycles. The Balaban J connectivity index is 0.000000391. The number of rotatable bonds is 7. The van der Waals surface area contributed by atoms with Crippen LogP contribution < -0.4 is 0 Å². The molecule has 0 heterocycles. The van der Waals surface area contributed by atoms with Gasteiger partial charge >= 0.3 is 11.9 Å². The Labute approximate surface area is 166 Å². The summed E-state index contributed by atoms with van der Waals surface area (Å²) in [6, 6.07) is 16.6. The number of aromatic carboxylic acids is 2. The highest BCUT2D eigenvalue weighted by Crippen LogP contribution is 1.99. The van der Waals surface area contributed by atoms with E-state index >= 15 is 0 Å². The van der Waals surface area contributed by atoms with Crippen LogP contribution in [0.2, 0.25) is 0 Å². The van der Waals surface area contributed by atoms with E-state index in [1.807, 2.05) is 6.08 Å². The first-order valence-corrected chi connectivity index (χ1v) is 9.12. The molecule has 150 valence electrons. The van der Waals surface area contributed by atoms with Gasteiger partial charge < -0.3 is 10.2 Å². The lowest BCUT2D eigenvalue weighted by Gasteiger charge is -1.89. The average Bonchev–Trinajstić information content (AvgIpc) is 2.70. The molecule has 2 N–H and O–H groups in total. The predicted molar refractivity (Wildman–Crippen MR) is 111 cm³/mol. The Kier molecular flexibility index (Phi) is 14.2. The molecular weight excluding hydrogens is 356 g/mol. The molecule has 5 nitrogen and oxygen atoms in total. The van der Waals surface area contributed by atoms with E-state index in [1.165, 1.54) is 19.3 Å². The van der Waals surface area contributed by atoms with Crippen molar-refractivity contribution in [3.63, 3.8) is 0 Å². The van der Waals surface area contributed by atoms with Crippen LogP contribution in [0, 0.1) is 0 Å². The van der Waals surface area contributed by atoms with Crippen molar-refractivity contribution in [2.45, 2.75) is 39.5 Å². The van der Waals surface area contributed by atoms with Crippen LogP contribution in [0.4, 0.5) is 0 Å². The normalized spacial score (nSPS) is 9.50. The summed E-state index contributed by atoms with van der Waals surface area (Å²) in [5, 5.41) is 16.8. The van der Waals surface area contributed by atoms with Gasteiger partial charge in [-0.3, -0.25) is 4.79 Å². The van der Waals surface area contributed by atoms with Gasteiger partial charge in [-0.05, 0) is 50.1 Å². The number of carboxylic acids is 2. The lowest BCUT2D eigenvalue weighted by molar-refractivity contribution is -0.112. The zero-order valence-corrected chi connectivity index (χ0v) is 16.4. The van der Waals surface area contributed by atoms with Crippen LogP contribution in [0.3, 0.4) is 0 Å². The third kappa shape index (κ3) is 14.0. The molecule has 0 aliphatic heterocycles. The van der Waals surface area contributed by atoms with Gasteiger partial charge in [0.15, 0.2) is 5.78 Å². The highest BCUT2D eigenvalue weighted by atomic mass is 16.4. The zero-order valence-electron chi connectivity index (χ0n) is 16.4. The second kappa shape index (κ2) is 16.0. The van der Waals surface area contributed by atoms with Gasteiger partial charge in [0.1, 0.15) is 0 Å². The van der Waals surface area contributed by atoms with Crippen LogP contribution in [0.1, 0.15) is 60.2 Å². The molecular formula is C23H28O5. The van der Waals surface area contributed by atoms with Crippen LogP contribution in [0.25, 0.3) is 0 Å². The number of ketones is 1. The highest BCUT2D eigenvalue weighted by molar-refractivity contribution is 5.88. The Morgan fingerprint density at radius 2 is 1.21 bits per heavy atom. The van der Waals surface area contributed by atoms with E-state index in [1.54, 1.807) is 73.7 Å². The molecule has 0 fully saturated rings. The van der Waals surface area contributed by atoms with E-state index in [4.69, 9.17) is 10.2 Å². The van der Waals surface area contributed by atoms with Gasteiger partial charge in [0, 0.05) is 0 Å². The summed E-state index contributed by atoms with van der Waals surface area (Å²) >= 11 is 0. The maximum Gasteiger partial charge on any atom is 0.335 e. The smallest absolute Gasteiger partial charge is 0.335 e. The van der Waals surface area contributed by atoms with E-state index in [0.29, 0.717) is 11.1 Å². The van der Waals surface area contributed by atoms with Crippen LogP contribution >= 0.6 is 0 Å². The van der Waals surface area contributed by atoms with Crippen molar-refractivity contribution in [1.29, 1.82) is 0 Å². The fourth-order valence-corrected chi connectivity index (χ4v) is 1.92.